The van der Waals surface area contributed by atoms with Crippen molar-refractivity contribution in [2.45, 2.75) is 26.8 Å². The summed E-state index contributed by atoms with van der Waals surface area (Å²) in [5, 5.41) is 8.95. The summed E-state index contributed by atoms with van der Waals surface area (Å²) in [6, 6.07) is 7.97. The summed E-state index contributed by atoms with van der Waals surface area (Å²) >= 11 is 0. The summed E-state index contributed by atoms with van der Waals surface area (Å²) in [6.45, 7) is 4.61. The van der Waals surface area contributed by atoms with Crippen LogP contribution in [0.15, 0.2) is 24.3 Å². The van der Waals surface area contributed by atoms with Crippen LogP contribution in [-0.4, -0.2) is 52.8 Å². The van der Waals surface area contributed by atoms with Crippen molar-refractivity contribution in [3.05, 3.63) is 35.4 Å². The minimum absolute atomic E-state index is 0.0337. The molecule has 1 aliphatic rings. The summed E-state index contributed by atoms with van der Waals surface area (Å²) in [5.41, 5.74) is 2.20. The Morgan fingerprint density at radius 3 is 2.54 bits per heavy atom. The third-order valence-corrected chi connectivity index (χ3v) is 4.40. The molecule has 130 valence electrons. The standard InChI is InChI=1S/C18H24N2O4/c1-12-4-6-14(7-5-12)10-20-11-15(8-16(20)21)17(22)19(3)9-13(2)18(23)24/h4-7,13,15H,8-11H2,1-3H3,(H,23,24)/t13-,15-/m1/s1. The van der Waals surface area contributed by atoms with Crippen molar-refractivity contribution < 1.29 is 19.5 Å². The summed E-state index contributed by atoms with van der Waals surface area (Å²) in [4.78, 5) is 38.6. The van der Waals surface area contributed by atoms with Crippen molar-refractivity contribution in [3.63, 3.8) is 0 Å². The molecule has 6 heteroatoms. The molecule has 1 aromatic rings. The number of likely N-dealkylation sites (tertiary alicyclic amines) is 1. The number of hydrogen-bond donors (Lipinski definition) is 1. The predicted octanol–water partition coefficient (Wildman–Crippen LogP) is 1.52. The van der Waals surface area contributed by atoms with Crippen molar-refractivity contribution >= 4 is 17.8 Å². The summed E-state index contributed by atoms with van der Waals surface area (Å²) < 4.78 is 0. The first-order valence-corrected chi connectivity index (χ1v) is 8.09. The number of rotatable bonds is 6. The van der Waals surface area contributed by atoms with Gasteiger partial charge in [0, 0.05) is 33.1 Å². The second kappa shape index (κ2) is 7.47. The lowest BCUT2D eigenvalue weighted by molar-refractivity contribution is -0.143. The normalized spacial score (nSPS) is 18.5. The van der Waals surface area contributed by atoms with E-state index in [0.717, 1.165) is 11.1 Å². The van der Waals surface area contributed by atoms with Gasteiger partial charge >= 0.3 is 5.97 Å². The Morgan fingerprint density at radius 1 is 1.33 bits per heavy atom. The quantitative estimate of drug-likeness (QED) is 0.857. The Kier molecular flexibility index (Phi) is 5.59. The van der Waals surface area contributed by atoms with Crippen LogP contribution in [0.5, 0.6) is 0 Å². The highest BCUT2D eigenvalue weighted by Gasteiger charge is 2.36. The zero-order valence-electron chi connectivity index (χ0n) is 14.4. The van der Waals surface area contributed by atoms with E-state index in [4.69, 9.17) is 5.11 Å². The number of carboxylic acid groups (broad SMARTS) is 1. The molecule has 1 aromatic carbocycles. The SMILES string of the molecule is Cc1ccc(CN2C[C@H](C(=O)N(C)C[C@@H](C)C(=O)O)CC2=O)cc1. The molecule has 1 N–H and O–H groups in total. The molecule has 24 heavy (non-hydrogen) atoms. The first-order chi connectivity index (χ1) is 11.3. The second-order valence-corrected chi connectivity index (χ2v) is 6.62. The number of carbonyl (C=O) groups excluding carboxylic acids is 2. The molecule has 0 bridgehead atoms. The molecular weight excluding hydrogens is 308 g/mol. The zero-order chi connectivity index (χ0) is 17.9. The van der Waals surface area contributed by atoms with Crippen LogP contribution in [0.25, 0.3) is 0 Å². The molecule has 0 aromatic heterocycles. The van der Waals surface area contributed by atoms with Crippen LogP contribution >= 0.6 is 0 Å². The zero-order valence-corrected chi connectivity index (χ0v) is 14.4. The fraction of sp³-hybridized carbons (Fsp3) is 0.500. The molecule has 1 heterocycles. The van der Waals surface area contributed by atoms with E-state index in [1.165, 1.54) is 4.90 Å². The topological polar surface area (TPSA) is 77.9 Å². The van der Waals surface area contributed by atoms with Gasteiger partial charge in [-0.2, -0.15) is 0 Å². The Hall–Kier alpha value is -2.37. The van der Waals surface area contributed by atoms with Crippen LogP contribution in [0.3, 0.4) is 0 Å². The predicted molar refractivity (Wildman–Crippen MR) is 89.1 cm³/mol. The molecule has 1 aliphatic heterocycles. The lowest BCUT2D eigenvalue weighted by atomic mass is 10.1. The maximum Gasteiger partial charge on any atom is 0.308 e. The molecule has 0 radical (unpaired) electrons. The van der Waals surface area contributed by atoms with Gasteiger partial charge in [-0.05, 0) is 12.5 Å². The molecule has 2 atom stereocenters. The van der Waals surface area contributed by atoms with E-state index < -0.39 is 17.8 Å². The highest BCUT2D eigenvalue weighted by atomic mass is 16.4. The van der Waals surface area contributed by atoms with Gasteiger partial charge in [-0.3, -0.25) is 14.4 Å². The highest BCUT2D eigenvalue weighted by Crippen LogP contribution is 2.22. The van der Waals surface area contributed by atoms with Crippen molar-refractivity contribution in [2.75, 3.05) is 20.1 Å². The van der Waals surface area contributed by atoms with Gasteiger partial charge in [0.1, 0.15) is 0 Å². The van der Waals surface area contributed by atoms with Gasteiger partial charge in [0.2, 0.25) is 11.8 Å². The van der Waals surface area contributed by atoms with Crippen LogP contribution in [0.4, 0.5) is 0 Å². The third-order valence-electron chi connectivity index (χ3n) is 4.40. The van der Waals surface area contributed by atoms with Gasteiger partial charge in [-0.25, -0.2) is 0 Å². The Bertz CT molecular complexity index is 626. The van der Waals surface area contributed by atoms with E-state index in [1.807, 2.05) is 31.2 Å². The lowest BCUT2D eigenvalue weighted by Gasteiger charge is -2.23. The fourth-order valence-electron chi connectivity index (χ4n) is 2.89. The van der Waals surface area contributed by atoms with Gasteiger partial charge < -0.3 is 14.9 Å². The largest absolute Gasteiger partial charge is 0.481 e. The number of aryl methyl sites for hydroxylation is 1. The second-order valence-electron chi connectivity index (χ2n) is 6.62. The van der Waals surface area contributed by atoms with E-state index in [-0.39, 0.29) is 24.8 Å². The molecule has 0 aliphatic carbocycles. The van der Waals surface area contributed by atoms with Crippen molar-refractivity contribution in [1.29, 1.82) is 0 Å². The summed E-state index contributed by atoms with van der Waals surface area (Å²) in [6.07, 6.45) is 0.191. The molecule has 1 fully saturated rings. The lowest BCUT2D eigenvalue weighted by Crippen LogP contribution is -2.38. The number of aliphatic carboxylic acids is 1. The Balaban J connectivity index is 1.94. The molecular formula is C18H24N2O4. The number of hydrogen-bond acceptors (Lipinski definition) is 3. The van der Waals surface area contributed by atoms with Crippen LogP contribution in [0.2, 0.25) is 0 Å². The first kappa shape index (κ1) is 18.0. The van der Waals surface area contributed by atoms with Gasteiger partial charge in [0.15, 0.2) is 0 Å². The van der Waals surface area contributed by atoms with Gasteiger partial charge in [0.05, 0.1) is 11.8 Å². The molecule has 0 unspecified atom stereocenters. The van der Waals surface area contributed by atoms with E-state index in [0.29, 0.717) is 13.1 Å². The van der Waals surface area contributed by atoms with Gasteiger partial charge in [-0.15, -0.1) is 0 Å². The number of benzene rings is 1. The van der Waals surface area contributed by atoms with E-state index >= 15 is 0 Å². The summed E-state index contributed by atoms with van der Waals surface area (Å²) in [7, 11) is 1.59. The average Bonchev–Trinajstić information content (AvgIpc) is 2.89. The molecule has 2 rings (SSSR count). The minimum Gasteiger partial charge on any atom is -0.481 e. The molecule has 0 saturated carbocycles. The maximum atomic E-state index is 12.4. The number of carbonyl (C=O) groups is 3. The maximum absolute atomic E-state index is 12.4. The first-order valence-electron chi connectivity index (χ1n) is 8.09. The summed E-state index contributed by atoms with van der Waals surface area (Å²) in [5.74, 6) is -2.15. The van der Waals surface area contributed by atoms with E-state index in [2.05, 4.69) is 0 Å². The van der Waals surface area contributed by atoms with Crippen molar-refractivity contribution in [3.8, 4) is 0 Å². The molecule has 0 spiro atoms. The van der Waals surface area contributed by atoms with Gasteiger partial charge in [0.25, 0.3) is 0 Å². The number of carboxylic acids is 1. The number of amides is 2. The van der Waals surface area contributed by atoms with Crippen molar-refractivity contribution in [1.82, 2.24) is 9.80 Å². The minimum atomic E-state index is -0.932. The Morgan fingerprint density at radius 2 is 1.96 bits per heavy atom. The molecule has 2 amide bonds. The highest BCUT2D eigenvalue weighted by molar-refractivity contribution is 5.89. The van der Waals surface area contributed by atoms with E-state index in [1.54, 1.807) is 18.9 Å². The smallest absolute Gasteiger partial charge is 0.308 e. The van der Waals surface area contributed by atoms with Gasteiger partial charge in [-0.1, -0.05) is 36.8 Å². The van der Waals surface area contributed by atoms with Crippen LogP contribution in [0, 0.1) is 18.8 Å². The van der Waals surface area contributed by atoms with Crippen LogP contribution in [-0.2, 0) is 20.9 Å². The van der Waals surface area contributed by atoms with Crippen molar-refractivity contribution in [2.24, 2.45) is 11.8 Å². The Labute approximate surface area is 142 Å². The van der Waals surface area contributed by atoms with Crippen LogP contribution in [0.1, 0.15) is 24.5 Å². The number of nitrogens with zero attached hydrogens (tertiary/aromatic N) is 2. The fourth-order valence-corrected chi connectivity index (χ4v) is 2.89. The van der Waals surface area contributed by atoms with E-state index in [9.17, 15) is 14.4 Å². The monoisotopic (exact) mass is 332 g/mol. The average molecular weight is 332 g/mol. The third kappa shape index (κ3) is 4.34. The molecule has 1 saturated heterocycles. The molecule has 6 nitrogen and oxygen atoms in total. The van der Waals surface area contributed by atoms with Crippen LogP contribution < -0.4 is 0 Å².